The fraction of sp³-hybridized carbons (Fsp3) is 0.947. The molecule has 252 valence electrons. The molecule has 0 bridgehead atoms. The lowest BCUT2D eigenvalue weighted by molar-refractivity contribution is -0.148. The first-order chi connectivity index (χ1) is 20.8. The van der Waals surface area contributed by atoms with Crippen LogP contribution in [0.3, 0.4) is 0 Å². The van der Waals surface area contributed by atoms with Gasteiger partial charge in [0.15, 0.2) is 13.1 Å². The predicted molar refractivity (Wildman–Crippen MR) is 183 cm³/mol. The number of unbranched alkanes of at least 4 members (excludes halogenated alkanes) is 23. The molecule has 0 aromatic rings. The van der Waals surface area contributed by atoms with Gasteiger partial charge in [-0.25, -0.2) is 0 Å². The lowest BCUT2D eigenvalue weighted by Gasteiger charge is -2.19. The third kappa shape index (κ3) is 35.6. The molecule has 0 N–H and O–H groups in total. The van der Waals surface area contributed by atoms with E-state index < -0.39 is 0 Å². The smallest absolute Gasteiger partial charge is 0.188 e. The Labute approximate surface area is 264 Å². The Kier molecular flexibility index (Phi) is 37.9. The Balaban J connectivity index is 3.65. The second-order valence-electron chi connectivity index (χ2n) is 12.4. The van der Waals surface area contributed by atoms with E-state index in [2.05, 4.69) is 26.8 Å². The third-order valence-corrected chi connectivity index (χ3v) is 8.15. The van der Waals surface area contributed by atoms with Gasteiger partial charge in [0.2, 0.25) is 0 Å². The van der Waals surface area contributed by atoms with E-state index in [0.717, 1.165) is 39.1 Å². The van der Waals surface area contributed by atoms with Crippen molar-refractivity contribution in [3.8, 4) is 0 Å². The second kappa shape index (κ2) is 38.4. The van der Waals surface area contributed by atoms with Gasteiger partial charge in [-0.3, -0.25) is 0 Å². The number of ether oxygens (including phenoxy) is 4. The molecule has 0 unspecified atom stereocenters. The summed E-state index contributed by atoms with van der Waals surface area (Å²) in [5.74, 6) is 0. The molecule has 0 aromatic carbocycles. The quantitative estimate of drug-likeness (QED) is 0.0406. The van der Waals surface area contributed by atoms with E-state index in [0.29, 0.717) is 6.79 Å². The summed E-state index contributed by atoms with van der Waals surface area (Å²) in [6, 6.07) is 0. The van der Waals surface area contributed by atoms with Crippen LogP contribution in [0, 0.1) is 0 Å². The van der Waals surface area contributed by atoms with Crippen molar-refractivity contribution < 1.29 is 18.9 Å². The highest BCUT2D eigenvalue weighted by Crippen LogP contribution is 2.15. The zero-order valence-electron chi connectivity index (χ0n) is 29.0. The van der Waals surface area contributed by atoms with Crippen LogP contribution in [0.2, 0.25) is 0 Å². The minimum Gasteiger partial charge on any atom is -0.475 e. The topological polar surface area (TPSA) is 36.9 Å². The van der Waals surface area contributed by atoms with E-state index in [9.17, 15) is 0 Å². The molecule has 0 fully saturated rings. The van der Waals surface area contributed by atoms with Crippen LogP contribution in [0.1, 0.15) is 201 Å². The highest BCUT2D eigenvalue weighted by Gasteiger charge is 2.09. The predicted octanol–water partition coefficient (Wildman–Crippen LogP) is 12.8. The Hall–Kier alpha value is -0.580. The molecule has 42 heavy (non-hydrogen) atoms. The Morgan fingerprint density at radius 2 is 0.833 bits per heavy atom. The van der Waals surface area contributed by atoms with Gasteiger partial charge in [0.25, 0.3) is 0 Å². The van der Waals surface area contributed by atoms with E-state index in [1.165, 1.54) is 161 Å². The van der Waals surface area contributed by atoms with Crippen LogP contribution in [-0.2, 0) is 18.9 Å². The summed E-state index contributed by atoms with van der Waals surface area (Å²) in [4.78, 5) is 0. The summed E-state index contributed by atoms with van der Waals surface area (Å²) < 4.78 is 23.3. The molecule has 0 radical (unpaired) electrons. The zero-order valence-corrected chi connectivity index (χ0v) is 29.0. The molecule has 0 aromatic heterocycles. The maximum Gasteiger partial charge on any atom is 0.188 e. The minimum atomic E-state index is 0.0172. The molecule has 4 heteroatoms. The molecule has 0 heterocycles. The average molecular weight is 597 g/mol. The van der Waals surface area contributed by atoms with Gasteiger partial charge < -0.3 is 18.9 Å². The maximum atomic E-state index is 6.20. The van der Waals surface area contributed by atoms with Gasteiger partial charge in [0.05, 0.1) is 12.9 Å². The van der Waals surface area contributed by atoms with Gasteiger partial charge in [-0.15, -0.1) is 0 Å². The van der Waals surface area contributed by atoms with Gasteiger partial charge in [0, 0.05) is 13.2 Å². The molecule has 0 rings (SSSR count). The van der Waals surface area contributed by atoms with Gasteiger partial charge >= 0.3 is 0 Å². The SMILES string of the molecule is CCCCCCCCOC(CCCCCCCCCCCC=COCOCCCCCCC)OCCCCCCCC. The summed E-state index contributed by atoms with van der Waals surface area (Å²) in [5.41, 5.74) is 0. The van der Waals surface area contributed by atoms with Crippen molar-refractivity contribution in [3.63, 3.8) is 0 Å². The summed E-state index contributed by atoms with van der Waals surface area (Å²) >= 11 is 0. The molecule has 0 saturated heterocycles. The monoisotopic (exact) mass is 597 g/mol. The Bertz CT molecular complexity index is 477. The van der Waals surface area contributed by atoms with Crippen LogP contribution >= 0.6 is 0 Å². The summed E-state index contributed by atoms with van der Waals surface area (Å²) in [5, 5.41) is 0. The Morgan fingerprint density at radius 3 is 1.33 bits per heavy atom. The van der Waals surface area contributed by atoms with Crippen LogP contribution in [0.15, 0.2) is 12.3 Å². The molecule has 0 aliphatic rings. The second-order valence-corrected chi connectivity index (χ2v) is 12.4. The van der Waals surface area contributed by atoms with Crippen molar-refractivity contribution in [1.29, 1.82) is 0 Å². The molecular formula is C38H76O4. The highest BCUT2D eigenvalue weighted by atomic mass is 16.7. The largest absolute Gasteiger partial charge is 0.475 e. The molecule has 0 spiro atoms. The molecule has 0 saturated carbocycles. The van der Waals surface area contributed by atoms with Crippen molar-refractivity contribution in [2.45, 2.75) is 207 Å². The molecular weight excluding hydrogens is 520 g/mol. The first-order valence-corrected chi connectivity index (χ1v) is 18.9. The summed E-state index contributed by atoms with van der Waals surface area (Å²) in [6.45, 7) is 9.75. The van der Waals surface area contributed by atoms with E-state index in [-0.39, 0.29) is 6.29 Å². The number of allylic oxidation sites excluding steroid dienone is 1. The van der Waals surface area contributed by atoms with Crippen LogP contribution in [0.5, 0.6) is 0 Å². The molecule has 0 atom stereocenters. The van der Waals surface area contributed by atoms with E-state index in [1.807, 2.05) is 6.26 Å². The van der Waals surface area contributed by atoms with Gasteiger partial charge in [-0.1, -0.05) is 156 Å². The van der Waals surface area contributed by atoms with Gasteiger partial charge in [-0.2, -0.15) is 0 Å². The van der Waals surface area contributed by atoms with Crippen molar-refractivity contribution in [1.82, 2.24) is 0 Å². The van der Waals surface area contributed by atoms with E-state index >= 15 is 0 Å². The number of hydrogen-bond donors (Lipinski definition) is 0. The first kappa shape index (κ1) is 41.4. The lowest BCUT2D eigenvalue weighted by atomic mass is 10.1. The van der Waals surface area contributed by atoms with Crippen LogP contribution in [0.4, 0.5) is 0 Å². The fourth-order valence-corrected chi connectivity index (χ4v) is 5.31. The van der Waals surface area contributed by atoms with Crippen LogP contribution < -0.4 is 0 Å². The number of rotatable bonds is 37. The van der Waals surface area contributed by atoms with Crippen LogP contribution in [-0.4, -0.2) is 32.9 Å². The number of hydrogen-bond acceptors (Lipinski definition) is 4. The van der Waals surface area contributed by atoms with E-state index in [1.54, 1.807) is 0 Å². The van der Waals surface area contributed by atoms with Crippen molar-refractivity contribution >= 4 is 0 Å². The fourth-order valence-electron chi connectivity index (χ4n) is 5.31. The third-order valence-electron chi connectivity index (χ3n) is 8.15. The highest BCUT2D eigenvalue weighted by molar-refractivity contribution is 4.72. The molecule has 4 nitrogen and oxygen atoms in total. The average Bonchev–Trinajstić information content (AvgIpc) is 3.00. The van der Waals surface area contributed by atoms with Gasteiger partial charge in [0.1, 0.15) is 0 Å². The van der Waals surface area contributed by atoms with Crippen molar-refractivity contribution in [2.75, 3.05) is 26.6 Å². The first-order valence-electron chi connectivity index (χ1n) is 18.9. The molecule has 0 aliphatic carbocycles. The van der Waals surface area contributed by atoms with E-state index in [4.69, 9.17) is 18.9 Å². The Morgan fingerprint density at radius 1 is 0.429 bits per heavy atom. The lowest BCUT2D eigenvalue weighted by Crippen LogP contribution is -2.19. The molecule has 0 aliphatic heterocycles. The standard InChI is InChI=1S/C38H76O4/c1-4-7-10-13-25-30-35-41-38(42-36-31-26-14-11-8-5-2)32-27-22-20-18-16-15-17-19-21-24-29-34-40-37-39-33-28-23-12-9-6-3/h29,34,38H,4-28,30-33,35-37H2,1-3H3. The normalized spacial score (nSPS) is 11.8. The van der Waals surface area contributed by atoms with Gasteiger partial charge in [-0.05, 0) is 51.0 Å². The van der Waals surface area contributed by atoms with Crippen molar-refractivity contribution in [3.05, 3.63) is 12.3 Å². The van der Waals surface area contributed by atoms with Crippen LogP contribution in [0.25, 0.3) is 0 Å². The minimum absolute atomic E-state index is 0.0172. The summed E-state index contributed by atoms with van der Waals surface area (Å²) in [7, 11) is 0. The summed E-state index contributed by atoms with van der Waals surface area (Å²) in [6.07, 6.45) is 40.2. The maximum absolute atomic E-state index is 6.20. The zero-order chi connectivity index (χ0) is 30.4. The molecule has 0 amide bonds. The van der Waals surface area contributed by atoms with Crippen molar-refractivity contribution in [2.24, 2.45) is 0 Å².